The Hall–Kier alpha value is -2.57. The number of hydrogen-bond donors (Lipinski definition) is 1. The Kier molecular flexibility index (Phi) is 4.29. The van der Waals surface area contributed by atoms with E-state index < -0.39 is 6.10 Å². The van der Waals surface area contributed by atoms with E-state index in [4.69, 9.17) is 4.42 Å². The van der Waals surface area contributed by atoms with Gasteiger partial charge in [-0.2, -0.15) is 0 Å². The van der Waals surface area contributed by atoms with Gasteiger partial charge in [-0.15, -0.1) is 10.2 Å². The van der Waals surface area contributed by atoms with Gasteiger partial charge in [-0.3, -0.25) is 4.90 Å². The fraction of sp³-hybridized carbons (Fsp3) is 0.263. The van der Waals surface area contributed by atoms with Crippen LogP contribution in [-0.2, 0) is 6.54 Å². The van der Waals surface area contributed by atoms with Gasteiger partial charge in [0.25, 0.3) is 0 Å². The lowest BCUT2D eigenvalue weighted by molar-refractivity contribution is 0.167. The van der Waals surface area contributed by atoms with Gasteiger partial charge in [-0.1, -0.05) is 30.3 Å². The summed E-state index contributed by atoms with van der Waals surface area (Å²) in [5.74, 6) is 0.676. The second-order valence-corrected chi connectivity index (χ2v) is 6.26. The van der Waals surface area contributed by atoms with Gasteiger partial charge in [0.2, 0.25) is 11.8 Å². The molecule has 2 atom stereocenters. The van der Waals surface area contributed by atoms with Crippen molar-refractivity contribution < 1.29 is 13.9 Å². The Morgan fingerprint density at radius 3 is 2.76 bits per heavy atom. The number of hydrogen-bond acceptors (Lipinski definition) is 5. The quantitative estimate of drug-likeness (QED) is 0.791. The molecule has 25 heavy (non-hydrogen) atoms. The minimum absolute atomic E-state index is 0.0715. The van der Waals surface area contributed by atoms with E-state index in [2.05, 4.69) is 10.2 Å². The first-order chi connectivity index (χ1) is 12.2. The molecule has 0 saturated carbocycles. The lowest BCUT2D eigenvalue weighted by Gasteiger charge is -2.22. The zero-order valence-corrected chi connectivity index (χ0v) is 13.5. The molecule has 0 aliphatic carbocycles. The average molecular weight is 339 g/mol. The summed E-state index contributed by atoms with van der Waals surface area (Å²) >= 11 is 0. The number of aliphatic hydroxyl groups excluding tert-OH is 1. The van der Waals surface area contributed by atoms with Crippen molar-refractivity contribution in [2.45, 2.75) is 25.1 Å². The molecule has 1 aliphatic rings. The lowest BCUT2D eigenvalue weighted by Crippen LogP contribution is -2.24. The van der Waals surface area contributed by atoms with Crippen molar-refractivity contribution >= 4 is 0 Å². The van der Waals surface area contributed by atoms with Crippen molar-refractivity contribution in [3.8, 4) is 11.5 Å². The predicted molar refractivity (Wildman–Crippen MR) is 89.9 cm³/mol. The van der Waals surface area contributed by atoms with E-state index in [1.54, 1.807) is 6.07 Å². The maximum atomic E-state index is 13.5. The third-order valence-corrected chi connectivity index (χ3v) is 4.44. The normalized spacial score (nSPS) is 20.9. The molecule has 6 heteroatoms. The third-order valence-electron chi connectivity index (χ3n) is 4.44. The van der Waals surface area contributed by atoms with Gasteiger partial charge in [0.15, 0.2) is 0 Å². The van der Waals surface area contributed by atoms with E-state index in [0.29, 0.717) is 31.3 Å². The predicted octanol–water partition coefficient (Wildman–Crippen LogP) is 3.18. The van der Waals surface area contributed by atoms with Gasteiger partial charge in [0.05, 0.1) is 12.6 Å². The Bertz CT molecular complexity index is 853. The maximum Gasteiger partial charge on any atom is 0.247 e. The van der Waals surface area contributed by atoms with Crippen molar-refractivity contribution in [1.82, 2.24) is 15.1 Å². The fourth-order valence-electron chi connectivity index (χ4n) is 3.30. The molecule has 1 fully saturated rings. The second-order valence-electron chi connectivity index (χ2n) is 6.26. The number of aliphatic hydroxyl groups is 1. The first-order valence-corrected chi connectivity index (χ1v) is 8.24. The molecule has 1 aromatic heterocycles. The van der Waals surface area contributed by atoms with E-state index in [1.807, 2.05) is 41.3 Å². The third kappa shape index (κ3) is 3.45. The number of rotatable bonds is 4. The van der Waals surface area contributed by atoms with Crippen LogP contribution in [0.2, 0.25) is 0 Å². The van der Waals surface area contributed by atoms with E-state index >= 15 is 0 Å². The molecule has 2 aromatic carbocycles. The minimum atomic E-state index is -0.454. The van der Waals surface area contributed by atoms with Crippen LogP contribution in [0.4, 0.5) is 4.39 Å². The molecule has 0 radical (unpaired) electrons. The molecular weight excluding hydrogens is 321 g/mol. The largest absolute Gasteiger partial charge is 0.419 e. The standard InChI is InChI=1S/C19H18FN3O2/c20-15-8-4-7-14(9-15)17-10-16(24)11-23(17)12-18-21-22-19(25-18)13-5-2-1-3-6-13/h1-9,16-17,24H,10-12H2. The van der Waals surface area contributed by atoms with Crippen LogP contribution in [0.15, 0.2) is 59.0 Å². The van der Waals surface area contributed by atoms with Crippen LogP contribution in [0.1, 0.15) is 23.9 Å². The average Bonchev–Trinajstić information content (AvgIpc) is 3.23. The van der Waals surface area contributed by atoms with Gasteiger partial charge >= 0.3 is 0 Å². The Labute approximate surface area is 144 Å². The molecule has 2 heterocycles. The number of aromatic nitrogens is 2. The summed E-state index contributed by atoms with van der Waals surface area (Å²) in [5, 5.41) is 18.3. The fourth-order valence-corrected chi connectivity index (χ4v) is 3.30. The van der Waals surface area contributed by atoms with Gasteiger partial charge < -0.3 is 9.52 Å². The summed E-state index contributed by atoms with van der Waals surface area (Å²) in [4.78, 5) is 2.04. The molecule has 3 aromatic rings. The van der Waals surface area contributed by atoms with Crippen molar-refractivity contribution in [2.75, 3.05) is 6.54 Å². The van der Waals surface area contributed by atoms with Gasteiger partial charge in [0.1, 0.15) is 5.82 Å². The molecule has 0 spiro atoms. The number of benzene rings is 2. The van der Waals surface area contributed by atoms with E-state index in [-0.39, 0.29) is 11.9 Å². The second kappa shape index (κ2) is 6.74. The monoisotopic (exact) mass is 339 g/mol. The highest BCUT2D eigenvalue weighted by Gasteiger charge is 2.33. The summed E-state index contributed by atoms with van der Waals surface area (Å²) in [6.07, 6.45) is 0.105. The maximum absolute atomic E-state index is 13.5. The Morgan fingerprint density at radius 2 is 1.96 bits per heavy atom. The van der Waals surface area contributed by atoms with Crippen LogP contribution >= 0.6 is 0 Å². The van der Waals surface area contributed by atoms with Crippen molar-refractivity contribution in [3.63, 3.8) is 0 Å². The summed E-state index contributed by atoms with van der Waals surface area (Å²) < 4.78 is 19.3. The van der Waals surface area contributed by atoms with Crippen LogP contribution in [0.3, 0.4) is 0 Å². The number of likely N-dealkylation sites (tertiary alicyclic amines) is 1. The molecule has 5 nitrogen and oxygen atoms in total. The van der Waals surface area contributed by atoms with Crippen molar-refractivity contribution in [3.05, 3.63) is 71.9 Å². The summed E-state index contributed by atoms with van der Waals surface area (Å²) in [7, 11) is 0. The van der Waals surface area contributed by atoms with Crippen molar-refractivity contribution in [2.24, 2.45) is 0 Å². The first kappa shape index (κ1) is 15.9. The highest BCUT2D eigenvalue weighted by Crippen LogP contribution is 2.33. The van der Waals surface area contributed by atoms with E-state index in [0.717, 1.165) is 11.1 Å². The van der Waals surface area contributed by atoms with E-state index in [9.17, 15) is 9.50 Å². The number of nitrogens with zero attached hydrogens (tertiary/aromatic N) is 3. The Balaban J connectivity index is 1.54. The van der Waals surface area contributed by atoms with Gasteiger partial charge in [-0.05, 0) is 36.2 Å². The zero-order valence-electron chi connectivity index (χ0n) is 13.5. The highest BCUT2D eigenvalue weighted by atomic mass is 19.1. The number of β-amino-alcohol motifs (C(OH)–C–C–N with tert-alkyl or cyclic N) is 1. The lowest BCUT2D eigenvalue weighted by atomic mass is 10.0. The molecule has 1 saturated heterocycles. The van der Waals surface area contributed by atoms with Crippen LogP contribution in [0.5, 0.6) is 0 Å². The van der Waals surface area contributed by atoms with Gasteiger partial charge in [-0.25, -0.2) is 4.39 Å². The van der Waals surface area contributed by atoms with Crippen LogP contribution in [0, 0.1) is 5.82 Å². The topological polar surface area (TPSA) is 62.4 Å². The highest BCUT2D eigenvalue weighted by molar-refractivity contribution is 5.51. The molecule has 1 aliphatic heterocycles. The summed E-state index contributed by atoms with van der Waals surface area (Å²) in [5.41, 5.74) is 1.71. The van der Waals surface area contributed by atoms with Crippen LogP contribution in [0.25, 0.3) is 11.5 Å². The molecule has 1 N–H and O–H groups in total. The molecule has 2 unspecified atom stereocenters. The molecular formula is C19H18FN3O2. The summed E-state index contributed by atoms with van der Waals surface area (Å²) in [6.45, 7) is 0.905. The van der Waals surface area contributed by atoms with Gasteiger partial charge in [0, 0.05) is 18.2 Å². The molecule has 0 amide bonds. The van der Waals surface area contributed by atoms with Crippen LogP contribution < -0.4 is 0 Å². The molecule has 128 valence electrons. The Morgan fingerprint density at radius 1 is 1.12 bits per heavy atom. The van der Waals surface area contributed by atoms with Crippen LogP contribution in [-0.4, -0.2) is 32.9 Å². The molecule has 4 rings (SSSR count). The van der Waals surface area contributed by atoms with Crippen molar-refractivity contribution in [1.29, 1.82) is 0 Å². The first-order valence-electron chi connectivity index (χ1n) is 8.24. The summed E-state index contributed by atoms with van der Waals surface area (Å²) in [6, 6.07) is 16.0. The SMILES string of the molecule is OC1CC(c2cccc(F)c2)N(Cc2nnc(-c3ccccc3)o2)C1. The van der Waals surface area contributed by atoms with E-state index in [1.165, 1.54) is 12.1 Å². The molecule has 0 bridgehead atoms. The zero-order chi connectivity index (χ0) is 17.2. The smallest absolute Gasteiger partial charge is 0.247 e. The minimum Gasteiger partial charge on any atom is -0.419 e. The number of halogens is 1.